The van der Waals surface area contributed by atoms with Crippen molar-refractivity contribution in [1.29, 1.82) is 0 Å². The Morgan fingerprint density at radius 1 is 0.850 bits per heavy atom. The molecule has 1 aromatic rings. The Kier molecular flexibility index (Phi) is 15.6. The van der Waals surface area contributed by atoms with Crippen LogP contribution in [0.2, 0.25) is 5.02 Å². The highest BCUT2D eigenvalue weighted by molar-refractivity contribution is 8.00. The van der Waals surface area contributed by atoms with Crippen molar-refractivity contribution >= 4 is 23.4 Å². The Labute approximate surface area is 250 Å². The lowest BCUT2D eigenvalue weighted by molar-refractivity contribution is -0.190. The first-order valence-electron chi connectivity index (χ1n) is 15.4. The van der Waals surface area contributed by atoms with E-state index in [1.54, 1.807) is 0 Å². The van der Waals surface area contributed by atoms with Gasteiger partial charge in [-0.25, -0.2) is 0 Å². The average Bonchev–Trinajstić information content (AvgIpc) is 3.49. The Balaban J connectivity index is 2.03. The lowest BCUT2D eigenvalue weighted by atomic mass is 9.92. The van der Waals surface area contributed by atoms with Crippen molar-refractivity contribution in [1.82, 2.24) is 0 Å². The molecule has 1 N–H and O–H groups in total. The predicted molar refractivity (Wildman–Crippen MR) is 161 cm³/mol. The zero-order valence-corrected chi connectivity index (χ0v) is 26.5. The monoisotopic (exact) mass is 602 g/mol. The molecule has 0 saturated carbocycles. The molecule has 3 rings (SSSR count). The number of halogens is 1. The first kappa shape index (κ1) is 34.1. The fourth-order valence-corrected chi connectivity index (χ4v) is 6.74. The van der Waals surface area contributed by atoms with Crippen LogP contribution in [-0.4, -0.2) is 74.9 Å². The molecule has 2 saturated heterocycles. The molecule has 0 spiro atoms. The van der Waals surface area contributed by atoms with Crippen LogP contribution < -0.4 is 0 Å². The lowest BCUT2D eigenvalue weighted by Gasteiger charge is -2.50. The van der Waals surface area contributed by atoms with Crippen LogP contribution in [0.15, 0.2) is 18.2 Å². The third-order valence-electron chi connectivity index (χ3n) is 7.33. The van der Waals surface area contributed by atoms with Crippen LogP contribution >= 0.6 is 23.4 Å². The normalized spacial score (nSPS) is 27.4. The molecule has 9 heteroatoms. The van der Waals surface area contributed by atoms with Crippen LogP contribution in [0.5, 0.6) is 0 Å². The van der Waals surface area contributed by atoms with Gasteiger partial charge < -0.3 is 33.5 Å². The van der Waals surface area contributed by atoms with E-state index >= 15 is 0 Å². The van der Waals surface area contributed by atoms with Crippen molar-refractivity contribution in [2.75, 3.05) is 46.2 Å². The number of hydrogen-bond donors (Lipinski definition) is 1. The van der Waals surface area contributed by atoms with E-state index in [4.69, 9.17) is 40.0 Å². The van der Waals surface area contributed by atoms with Gasteiger partial charge in [-0.3, -0.25) is 0 Å². The predicted octanol–water partition coefficient (Wildman–Crippen LogP) is 7.02. The van der Waals surface area contributed by atoms with Gasteiger partial charge in [-0.1, -0.05) is 71.0 Å². The molecule has 2 aliphatic heterocycles. The van der Waals surface area contributed by atoms with Crippen molar-refractivity contribution in [2.45, 2.75) is 114 Å². The van der Waals surface area contributed by atoms with E-state index in [0.29, 0.717) is 62.4 Å². The molecular formula is C31H51ClO7S. The van der Waals surface area contributed by atoms with Crippen molar-refractivity contribution in [3.05, 3.63) is 34.3 Å². The van der Waals surface area contributed by atoms with Crippen LogP contribution in [0, 0.1) is 0 Å². The molecule has 2 heterocycles. The van der Waals surface area contributed by atoms with E-state index in [-0.39, 0.29) is 11.4 Å². The summed E-state index contributed by atoms with van der Waals surface area (Å²) in [5, 5.41) is 13.1. The summed E-state index contributed by atoms with van der Waals surface area (Å²) in [6.45, 7) is 12.5. The van der Waals surface area contributed by atoms with E-state index in [0.717, 1.165) is 51.4 Å². The fraction of sp³-hybridized carbons (Fsp3) is 0.806. The molecule has 2 aliphatic rings. The van der Waals surface area contributed by atoms with Gasteiger partial charge in [0.05, 0.1) is 25.1 Å². The average molecular weight is 603 g/mol. The van der Waals surface area contributed by atoms with Crippen LogP contribution in [-0.2, 0) is 33.4 Å². The molecule has 0 radical (unpaired) electrons. The number of benzene rings is 1. The largest absolute Gasteiger partial charge is 0.380 e. The van der Waals surface area contributed by atoms with E-state index in [1.807, 2.05) is 18.2 Å². The van der Waals surface area contributed by atoms with Gasteiger partial charge in [-0.2, -0.15) is 0 Å². The molecular weight excluding hydrogens is 552 g/mol. The highest BCUT2D eigenvalue weighted by Gasteiger charge is 2.56. The summed E-state index contributed by atoms with van der Waals surface area (Å²) in [4.78, 5) is -1.42. The fourth-order valence-electron chi connectivity index (χ4n) is 4.94. The second-order valence-corrected chi connectivity index (χ2v) is 12.5. The van der Waals surface area contributed by atoms with E-state index in [1.165, 1.54) is 11.8 Å². The molecule has 230 valence electrons. The van der Waals surface area contributed by atoms with Gasteiger partial charge in [0.15, 0.2) is 11.2 Å². The maximum Gasteiger partial charge on any atom is 0.185 e. The van der Waals surface area contributed by atoms with Crippen LogP contribution in [0.4, 0.5) is 0 Å². The summed E-state index contributed by atoms with van der Waals surface area (Å²) in [7, 11) is 0. The minimum atomic E-state index is -1.42. The van der Waals surface area contributed by atoms with Gasteiger partial charge in [0.25, 0.3) is 0 Å². The van der Waals surface area contributed by atoms with E-state index in [9.17, 15) is 5.11 Å². The summed E-state index contributed by atoms with van der Waals surface area (Å²) in [5.74, 6) is 0. The maximum atomic E-state index is 12.7. The smallest absolute Gasteiger partial charge is 0.185 e. The molecule has 7 nitrogen and oxygen atoms in total. The van der Waals surface area contributed by atoms with Crippen molar-refractivity contribution in [3.63, 3.8) is 0 Å². The number of unbranched alkanes of at least 4 members (excludes halogenated alkanes) is 4. The number of hydrogen-bond acceptors (Lipinski definition) is 8. The second kappa shape index (κ2) is 18.3. The number of rotatable bonds is 19. The molecule has 2 fully saturated rings. The van der Waals surface area contributed by atoms with Crippen LogP contribution in [0.3, 0.4) is 0 Å². The summed E-state index contributed by atoms with van der Waals surface area (Å²) >= 11 is 8.04. The van der Waals surface area contributed by atoms with Crippen molar-refractivity contribution < 1.29 is 33.5 Å². The molecule has 0 aromatic heterocycles. The second-order valence-electron chi connectivity index (χ2n) is 10.6. The van der Waals surface area contributed by atoms with Gasteiger partial charge in [-0.15, -0.1) is 11.8 Å². The summed E-state index contributed by atoms with van der Waals surface area (Å²) in [6, 6.07) is 5.58. The number of aliphatic hydroxyl groups is 1. The van der Waals surface area contributed by atoms with Gasteiger partial charge in [-0.05, 0) is 43.4 Å². The van der Waals surface area contributed by atoms with Crippen molar-refractivity contribution in [2.24, 2.45) is 0 Å². The summed E-state index contributed by atoms with van der Waals surface area (Å²) < 4.78 is 37.4. The zero-order valence-electron chi connectivity index (χ0n) is 24.9. The molecule has 40 heavy (non-hydrogen) atoms. The first-order chi connectivity index (χ1) is 19.5. The van der Waals surface area contributed by atoms with Gasteiger partial charge in [0.1, 0.15) is 18.3 Å². The van der Waals surface area contributed by atoms with E-state index in [2.05, 4.69) is 27.7 Å². The molecule has 1 aromatic carbocycles. The van der Waals surface area contributed by atoms with Gasteiger partial charge >= 0.3 is 0 Å². The Morgan fingerprint density at radius 3 is 2.05 bits per heavy atom. The highest BCUT2D eigenvalue weighted by Crippen LogP contribution is 2.51. The lowest BCUT2D eigenvalue weighted by Crippen LogP contribution is -2.61. The highest BCUT2D eigenvalue weighted by atomic mass is 35.5. The minimum Gasteiger partial charge on any atom is -0.380 e. The van der Waals surface area contributed by atoms with Crippen LogP contribution in [0.1, 0.15) is 96.5 Å². The molecule has 5 atom stereocenters. The minimum absolute atomic E-state index is 0.158. The Morgan fingerprint density at radius 2 is 1.43 bits per heavy atom. The third kappa shape index (κ3) is 9.29. The third-order valence-corrected chi connectivity index (χ3v) is 9.21. The molecule has 1 unspecified atom stereocenters. The SMILES string of the molecule is CCCCOC[C@H]1SC(O)(c2ccc(Cl)c(C3OCCO3)c2)[C@H](OCCCC)[C@@H](OCCCC)[C@@H]1OCCCC. The topological polar surface area (TPSA) is 75.6 Å². The number of ether oxygens (including phenoxy) is 6. The standard InChI is InChI=1S/C31H51ClO7S/c1-5-9-15-34-22-26-27(35-16-10-6-2)28(36-17-11-7-3)29(37-18-12-8-4)31(33,40-26)23-13-14-25(32)24(21-23)30-38-19-20-39-30/h13-14,21,26-30,33H,5-12,15-20,22H2,1-4H3/t26-,27-,28+,29-,31?/m1/s1. The van der Waals surface area contributed by atoms with E-state index < -0.39 is 23.4 Å². The Bertz CT molecular complexity index is 840. The van der Waals surface area contributed by atoms with Crippen LogP contribution in [0.25, 0.3) is 0 Å². The summed E-state index contributed by atoms with van der Waals surface area (Å²) in [5.41, 5.74) is 1.39. The maximum absolute atomic E-state index is 12.7. The first-order valence-corrected chi connectivity index (χ1v) is 16.6. The molecule has 0 aliphatic carbocycles. The van der Waals surface area contributed by atoms with Gasteiger partial charge in [0.2, 0.25) is 0 Å². The van der Waals surface area contributed by atoms with Gasteiger partial charge in [0, 0.05) is 37.0 Å². The Hall–Kier alpha value is -0.420. The summed E-state index contributed by atoms with van der Waals surface area (Å²) in [6.07, 6.45) is 5.90. The molecule has 0 bridgehead atoms. The molecule has 0 amide bonds. The quantitative estimate of drug-likeness (QED) is 0.169. The zero-order chi connectivity index (χ0) is 28.8. The van der Waals surface area contributed by atoms with Crippen molar-refractivity contribution in [3.8, 4) is 0 Å². The number of thioether (sulfide) groups is 1.